The van der Waals surface area contributed by atoms with Gasteiger partial charge in [0, 0.05) is 17.5 Å². The second-order valence-electron chi connectivity index (χ2n) is 4.94. The maximum Gasteiger partial charge on any atom is 0.471 e. The summed E-state index contributed by atoms with van der Waals surface area (Å²) in [4.78, 5) is 7.57. The Labute approximate surface area is 130 Å². The molecule has 0 aliphatic heterocycles. The van der Waals surface area contributed by atoms with E-state index in [9.17, 15) is 13.2 Å². The smallest absolute Gasteiger partial charge is 0.329 e. The van der Waals surface area contributed by atoms with Crippen LogP contribution in [0.2, 0.25) is 0 Å². The first-order valence-electron chi connectivity index (χ1n) is 6.92. The summed E-state index contributed by atoms with van der Waals surface area (Å²) in [6, 6.07) is 13.4. The molecule has 2 heterocycles. The van der Waals surface area contributed by atoms with Crippen molar-refractivity contribution < 1.29 is 17.7 Å². The van der Waals surface area contributed by atoms with Crippen LogP contribution >= 0.6 is 0 Å². The second-order valence-corrected chi connectivity index (χ2v) is 4.94. The lowest BCUT2D eigenvalue weighted by Gasteiger charge is -2.02. The minimum absolute atomic E-state index is 0.126. The number of pyridine rings is 1. The van der Waals surface area contributed by atoms with Crippen LogP contribution in [0.5, 0.6) is 0 Å². The van der Waals surface area contributed by atoms with Crippen molar-refractivity contribution in [3.8, 4) is 11.4 Å². The van der Waals surface area contributed by atoms with E-state index in [4.69, 9.17) is 0 Å². The van der Waals surface area contributed by atoms with Gasteiger partial charge in [-0.15, -0.1) is 0 Å². The zero-order chi connectivity index (χ0) is 16.3. The first-order valence-corrected chi connectivity index (χ1v) is 6.92. The Hall–Kier alpha value is -2.70. The fourth-order valence-electron chi connectivity index (χ4n) is 2.08. The predicted octanol–water partition coefficient (Wildman–Crippen LogP) is 3.94. The van der Waals surface area contributed by atoms with Gasteiger partial charge in [0.1, 0.15) is 0 Å². The van der Waals surface area contributed by atoms with Gasteiger partial charge < -0.3 is 4.52 Å². The van der Waals surface area contributed by atoms with E-state index in [1.165, 1.54) is 11.8 Å². The molecule has 7 heteroatoms. The number of benzene rings is 1. The standard InChI is InChI=1S/C16H12F3N3O/c17-16(18,19)15-21-14(22-23-15)12-7-9-13(20-10-12)8-6-11-4-2-1-3-5-11/h1-5,7,9-10H,6,8H2. The number of halogens is 3. The van der Waals surface area contributed by atoms with Crippen LogP contribution in [0.4, 0.5) is 13.2 Å². The highest BCUT2D eigenvalue weighted by Crippen LogP contribution is 2.29. The van der Waals surface area contributed by atoms with Gasteiger partial charge in [0.05, 0.1) is 0 Å². The van der Waals surface area contributed by atoms with Gasteiger partial charge in [-0.25, -0.2) is 0 Å². The van der Waals surface area contributed by atoms with Crippen molar-refractivity contribution in [3.63, 3.8) is 0 Å². The molecule has 1 aromatic carbocycles. The lowest BCUT2D eigenvalue weighted by atomic mass is 10.1. The first kappa shape index (κ1) is 15.2. The van der Waals surface area contributed by atoms with Crippen LogP contribution in [0.1, 0.15) is 17.1 Å². The van der Waals surface area contributed by atoms with Gasteiger partial charge in [0.2, 0.25) is 5.82 Å². The summed E-state index contributed by atoms with van der Waals surface area (Å²) in [5.41, 5.74) is 2.43. The second kappa shape index (κ2) is 6.20. The van der Waals surface area contributed by atoms with Crippen LogP contribution in [-0.2, 0) is 19.0 Å². The maximum absolute atomic E-state index is 12.4. The largest absolute Gasteiger partial charge is 0.471 e. The van der Waals surface area contributed by atoms with Crippen molar-refractivity contribution in [1.29, 1.82) is 0 Å². The van der Waals surface area contributed by atoms with Crippen LogP contribution in [0, 0.1) is 0 Å². The van der Waals surface area contributed by atoms with E-state index in [1.54, 1.807) is 12.1 Å². The molecule has 0 aliphatic rings. The summed E-state index contributed by atoms with van der Waals surface area (Å²) < 4.78 is 41.5. The number of hydrogen-bond donors (Lipinski definition) is 0. The maximum atomic E-state index is 12.4. The van der Waals surface area contributed by atoms with E-state index in [0.29, 0.717) is 5.56 Å². The number of rotatable bonds is 4. The van der Waals surface area contributed by atoms with Crippen molar-refractivity contribution in [1.82, 2.24) is 15.1 Å². The molecule has 0 spiro atoms. The van der Waals surface area contributed by atoms with Crippen molar-refractivity contribution in [2.45, 2.75) is 19.0 Å². The average molecular weight is 319 g/mol. The van der Waals surface area contributed by atoms with Gasteiger partial charge in [-0.05, 0) is 30.5 Å². The molecule has 118 valence electrons. The lowest BCUT2D eigenvalue weighted by Crippen LogP contribution is -2.04. The Balaban J connectivity index is 1.68. The Kier molecular flexibility index (Phi) is 4.10. The molecular weight excluding hydrogens is 307 g/mol. The number of aryl methyl sites for hydroxylation is 2. The Morgan fingerprint density at radius 2 is 1.74 bits per heavy atom. The molecule has 4 nitrogen and oxygen atoms in total. The molecule has 0 bridgehead atoms. The minimum Gasteiger partial charge on any atom is -0.329 e. The van der Waals surface area contributed by atoms with Gasteiger partial charge in [-0.3, -0.25) is 4.98 Å². The monoisotopic (exact) mass is 319 g/mol. The summed E-state index contributed by atoms with van der Waals surface area (Å²) >= 11 is 0. The van der Waals surface area contributed by atoms with Crippen molar-refractivity contribution >= 4 is 0 Å². The highest BCUT2D eigenvalue weighted by Gasteiger charge is 2.38. The number of alkyl halides is 3. The van der Waals surface area contributed by atoms with Gasteiger partial charge in [0.15, 0.2) is 0 Å². The molecule has 0 unspecified atom stereocenters. The Bertz CT molecular complexity index is 767. The highest BCUT2D eigenvalue weighted by atomic mass is 19.4. The molecule has 23 heavy (non-hydrogen) atoms. The zero-order valence-electron chi connectivity index (χ0n) is 11.9. The normalized spacial score (nSPS) is 11.6. The van der Waals surface area contributed by atoms with Gasteiger partial charge in [-0.2, -0.15) is 18.2 Å². The van der Waals surface area contributed by atoms with E-state index in [-0.39, 0.29) is 5.82 Å². The summed E-state index contributed by atoms with van der Waals surface area (Å²) in [6.07, 6.45) is -1.61. The van der Waals surface area contributed by atoms with Crippen LogP contribution in [0.3, 0.4) is 0 Å². The number of nitrogens with zero attached hydrogens (tertiary/aromatic N) is 3. The fraction of sp³-hybridized carbons (Fsp3) is 0.188. The average Bonchev–Trinajstić information content (AvgIpc) is 3.05. The number of hydrogen-bond acceptors (Lipinski definition) is 4. The Morgan fingerprint density at radius 3 is 2.35 bits per heavy atom. The molecular formula is C16H12F3N3O. The summed E-state index contributed by atoms with van der Waals surface area (Å²) in [7, 11) is 0. The molecule has 3 aromatic rings. The van der Waals surface area contributed by atoms with Gasteiger partial charge >= 0.3 is 12.1 Å². The van der Waals surface area contributed by atoms with E-state index in [2.05, 4.69) is 19.6 Å². The lowest BCUT2D eigenvalue weighted by molar-refractivity contribution is -0.159. The topological polar surface area (TPSA) is 51.8 Å². The highest BCUT2D eigenvalue weighted by molar-refractivity contribution is 5.52. The first-order chi connectivity index (χ1) is 11.0. The third-order valence-electron chi connectivity index (χ3n) is 3.26. The zero-order valence-corrected chi connectivity index (χ0v) is 11.9. The molecule has 0 amide bonds. The Morgan fingerprint density at radius 1 is 0.957 bits per heavy atom. The van der Waals surface area contributed by atoms with Crippen molar-refractivity contribution in [2.24, 2.45) is 0 Å². The molecule has 3 rings (SSSR count). The molecule has 0 saturated carbocycles. The molecule has 0 N–H and O–H groups in total. The van der Waals surface area contributed by atoms with Gasteiger partial charge in [0.25, 0.3) is 0 Å². The molecule has 0 saturated heterocycles. The van der Waals surface area contributed by atoms with Crippen LogP contribution in [0.25, 0.3) is 11.4 Å². The minimum atomic E-state index is -4.64. The molecule has 0 atom stereocenters. The summed E-state index contributed by atoms with van der Waals surface area (Å²) in [6.45, 7) is 0. The molecule has 0 radical (unpaired) electrons. The van der Waals surface area contributed by atoms with Crippen molar-refractivity contribution in [2.75, 3.05) is 0 Å². The molecule has 2 aromatic heterocycles. The third-order valence-corrected chi connectivity index (χ3v) is 3.26. The molecule has 0 fully saturated rings. The van der Waals surface area contributed by atoms with Crippen molar-refractivity contribution in [3.05, 3.63) is 65.8 Å². The summed E-state index contributed by atoms with van der Waals surface area (Å²) in [5.74, 6) is -1.49. The fourth-order valence-corrected chi connectivity index (χ4v) is 2.08. The van der Waals surface area contributed by atoms with E-state index < -0.39 is 12.1 Å². The van der Waals surface area contributed by atoms with Gasteiger partial charge in [-0.1, -0.05) is 35.5 Å². The van der Waals surface area contributed by atoms with Crippen LogP contribution < -0.4 is 0 Å². The SMILES string of the molecule is FC(F)(F)c1nc(-c2ccc(CCc3ccccc3)nc2)no1. The summed E-state index contributed by atoms with van der Waals surface area (Å²) in [5, 5.41) is 3.33. The van der Waals surface area contributed by atoms with Crippen LogP contribution in [-0.4, -0.2) is 15.1 Å². The van der Waals surface area contributed by atoms with E-state index in [1.807, 2.05) is 30.3 Å². The predicted molar refractivity (Wildman–Crippen MR) is 76.4 cm³/mol. The third kappa shape index (κ3) is 3.74. The van der Waals surface area contributed by atoms with E-state index in [0.717, 1.165) is 18.5 Å². The molecule has 0 aliphatic carbocycles. The number of aromatic nitrogens is 3. The quantitative estimate of drug-likeness (QED) is 0.731. The van der Waals surface area contributed by atoms with Crippen LogP contribution in [0.15, 0.2) is 53.2 Å². The van der Waals surface area contributed by atoms with E-state index >= 15 is 0 Å².